The summed E-state index contributed by atoms with van der Waals surface area (Å²) in [4.78, 5) is 10.7. The molecule has 1 rings (SSSR count). The Balaban J connectivity index is 0.000000590. The molecule has 0 atom stereocenters. The van der Waals surface area contributed by atoms with Crippen LogP contribution in [0.5, 0.6) is 5.75 Å². The first-order valence-electron chi connectivity index (χ1n) is 12.7. The highest BCUT2D eigenvalue weighted by Crippen LogP contribution is 2.23. The van der Waals surface area contributed by atoms with Gasteiger partial charge in [0, 0.05) is 13.2 Å². The molecule has 0 saturated heterocycles. The third-order valence-electron chi connectivity index (χ3n) is 5.43. The number of aromatic hydroxyl groups is 1. The molecule has 0 radical (unpaired) electrons. The monoisotopic (exact) mass is 436 g/mol. The average Bonchev–Trinajstić information content (AvgIpc) is 2.76. The smallest absolute Gasteiger partial charge is 0.339 e. The molecule has 0 bridgehead atoms. The molecule has 1 aromatic carbocycles. The lowest BCUT2D eigenvalue weighted by molar-refractivity contribution is 0.0693. The molecule has 0 aliphatic carbocycles. The van der Waals surface area contributed by atoms with Crippen molar-refractivity contribution in [3.8, 4) is 5.75 Å². The van der Waals surface area contributed by atoms with Gasteiger partial charge >= 0.3 is 5.97 Å². The maximum Gasteiger partial charge on any atom is 0.339 e. The summed E-state index contributed by atoms with van der Waals surface area (Å²) < 4.78 is 5.65. The normalized spacial score (nSPS) is 10.5. The summed E-state index contributed by atoms with van der Waals surface area (Å²) in [6.07, 6.45) is 19.0. The fourth-order valence-electron chi connectivity index (χ4n) is 3.40. The molecular weight excluding hydrogens is 388 g/mol. The number of hydrogen-bond donors (Lipinski definition) is 2. The van der Waals surface area contributed by atoms with E-state index in [1.54, 1.807) is 12.1 Å². The van der Waals surface area contributed by atoms with Gasteiger partial charge in [0.15, 0.2) is 0 Å². The van der Waals surface area contributed by atoms with E-state index in [-0.39, 0.29) is 11.3 Å². The maximum absolute atomic E-state index is 10.7. The number of carboxylic acid groups (broad SMARTS) is 1. The van der Waals surface area contributed by atoms with Crippen LogP contribution in [0.25, 0.3) is 0 Å². The highest BCUT2D eigenvalue weighted by Gasteiger charge is 2.11. The van der Waals surface area contributed by atoms with Crippen molar-refractivity contribution >= 4 is 5.97 Å². The summed E-state index contributed by atoms with van der Waals surface area (Å²) in [6.45, 7) is 8.56. The number of benzene rings is 1. The quantitative estimate of drug-likeness (QED) is 0.228. The van der Waals surface area contributed by atoms with Crippen LogP contribution >= 0.6 is 0 Å². The van der Waals surface area contributed by atoms with Gasteiger partial charge in [-0.15, -0.1) is 0 Å². The molecule has 0 saturated carbocycles. The van der Waals surface area contributed by atoms with E-state index in [0.29, 0.717) is 5.56 Å². The zero-order valence-electron chi connectivity index (χ0n) is 20.5. The van der Waals surface area contributed by atoms with Crippen LogP contribution in [0.4, 0.5) is 0 Å². The summed E-state index contributed by atoms with van der Waals surface area (Å²) in [5, 5.41) is 18.4. The Kier molecular flexibility index (Phi) is 20.6. The molecular formula is C27H48O4. The minimum Gasteiger partial charge on any atom is -0.507 e. The fourth-order valence-corrected chi connectivity index (χ4v) is 3.40. The number of aromatic carboxylic acids is 1. The van der Waals surface area contributed by atoms with Crippen LogP contribution in [0.3, 0.4) is 0 Å². The van der Waals surface area contributed by atoms with Crippen LogP contribution in [0.2, 0.25) is 0 Å². The van der Waals surface area contributed by atoms with Gasteiger partial charge in [0.05, 0.1) is 0 Å². The Bertz CT molecular complexity index is 528. The van der Waals surface area contributed by atoms with Crippen molar-refractivity contribution in [2.24, 2.45) is 0 Å². The van der Waals surface area contributed by atoms with E-state index < -0.39 is 5.97 Å². The van der Waals surface area contributed by atoms with Gasteiger partial charge in [0.2, 0.25) is 0 Å². The van der Waals surface area contributed by atoms with E-state index in [1.165, 1.54) is 83.1 Å². The second-order valence-electron chi connectivity index (χ2n) is 8.37. The zero-order chi connectivity index (χ0) is 23.2. The van der Waals surface area contributed by atoms with Crippen molar-refractivity contribution in [2.45, 2.75) is 117 Å². The molecule has 0 heterocycles. The minimum absolute atomic E-state index is 0.0152. The van der Waals surface area contributed by atoms with Gasteiger partial charge in [0.25, 0.3) is 0 Å². The van der Waals surface area contributed by atoms with Crippen LogP contribution in [-0.4, -0.2) is 29.4 Å². The Labute approximate surface area is 191 Å². The summed E-state index contributed by atoms with van der Waals surface area (Å²) in [7, 11) is 0. The van der Waals surface area contributed by atoms with Gasteiger partial charge in [-0.3, -0.25) is 0 Å². The molecule has 0 spiro atoms. The van der Waals surface area contributed by atoms with Crippen molar-refractivity contribution < 1.29 is 19.7 Å². The van der Waals surface area contributed by atoms with Gasteiger partial charge in [-0.25, -0.2) is 4.79 Å². The molecule has 1 aromatic rings. The zero-order valence-corrected chi connectivity index (χ0v) is 20.5. The second-order valence-corrected chi connectivity index (χ2v) is 8.37. The van der Waals surface area contributed by atoms with Gasteiger partial charge in [-0.1, -0.05) is 104 Å². The first kappa shape index (κ1) is 29.5. The van der Waals surface area contributed by atoms with Crippen LogP contribution in [0.1, 0.15) is 127 Å². The lowest BCUT2D eigenvalue weighted by Crippen LogP contribution is -1.98. The first-order chi connectivity index (χ1) is 15.1. The van der Waals surface area contributed by atoms with Crippen molar-refractivity contribution in [2.75, 3.05) is 13.2 Å². The lowest BCUT2D eigenvalue weighted by atomic mass is 10.0. The molecule has 4 heteroatoms. The Hall–Kier alpha value is -1.55. The molecule has 31 heavy (non-hydrogen) atoms. The molecule has 2 N–H and O–H groups in total. The minimum atomic E-state index is -1.08. The van der Waals surface area contributed by atoms with E-state index in [9.17, 15) is 9.90 Å². The predicted molar refractivity (Wildman–Crippen MR) is 131 cm³/mol. The maximum atomic E-state index is 10.7. The van der Waals surface area contributed by atoms with E-state index in [1.807, 2.05) is 0 Å². The number of ether oxygens (including phenoxy) is 1. The summed E-state index contributed by atoms with van der Waals surface area (Å²) >= 11 is 0. The number of phenols is 1. The average molecular weight is 437 g/mol. The Morgan fingerprint density at radius 2 is 1.23 bits per heavy atom. The number of para-hydroxylation sites is 1. The topological polar surface area (TPSA) is 66.8 Å². The van der Waals surface area contributed by atoms with Gasteiger partial charge in [0.1, 0.15) is 11.3 Å². The molecule has 0 aliphatic rings. The second kappa shape index (κ2) is 21.7. The Morgan fingerprint density at radius 1 is 0.742 bits per heavy atom. The number of unbranched alkanes of at least 4 members (excludes halogenated alkanes) is 11. The molecule has 0 amide bonds. The molecule has 4 nitrogen and oxygen atoms in total. The van der Waals surface area contributed by atoms with Gasteiger partial charge in [-0.05, 0) is 37.3 Å². The van der Waals surface area contributed by atoms with Crippen molar-refractivity contribution in [3.63, 3.8) is 0 Å². The highest BCUT2D eigenvalue weighted by atomic mass is 16.5. The third kappa shape index (κ3) is 16.8. The Morgan fingerprint density at radius 3 is 1.71 bits per heavy atom. The summed E-state index contributed by atoms with van der Waals surface area (Å²) in [5.41, 5.74) is 0.699. The largest absolute Gasteiger partial charge is 0.507 e. The number of carboxylic acids is 1. The van der Waals surface area contributed by atoms with Crippen LogP contribution in [0, 0.1) is 0 Å². The van der Waals surface area contributed by atoms with E-state index in [4.69, 9.17) is 9.84 Å². The van der Waals surface area contributed by atoms with E-state index in [0.717, 1.165) is 32.5 Å². The lowest BCUT2D eigenvalue weighted by Gasteiger charge is -2.05. The number of rotatable bonds is 18. The standard InChI is InChI=1S/C16H34O.C11H14O3/c1-3-5-7-9-11-13-15-17-16-14-12-10-8-6-4-2;1-2-3-5-8-6-4-7-9(10(8)12)11(13)14/h3-16H2,1-2H3;4,6-7,12H,2-3,5H2,1H3,(H,13,14). The van der Waals surface area contributed by atoms with Crippen molar-refractivity contribution in [1.29, 1.82) is 0 Å². The SMILES string of the molecule is CCCCCCCCOCCCCCCCC.CCCCc1cccc(C(=O)O)c1O. The molecule has 180 valence electrons. The highest BCUT2D eigenvalue weighted by molar-refractivity contribution is 5.91. The summed E-state index contributed by atoms with van der Waals surface area (Å²) in [6, 6.07) is 4.83. The van der Waals surface area contributed by atoms with Crippen molar-refractivity contribution in [1.82, 2.24) is 0 Å². The van der Waals surface area contributed by atoms with Gasteiger partial charge < -0.3 is 14.9 Å². The molecule has 0 unspecified atom stereocenters. The number of aryl methyl sites for hydroxylation is 1. The van der Waals surface area contributed by atoms with Crippen LogP contribution in [-0.2, 0) is 11.2 Å². The third-order valence-corrected chi connectivity index (χ3v) is 5.43. The first-order valence-corrected chi connectivity index (χ1v) is 12.7. The van der Waals surface area contributed by atoms with Crippen LogP contribution < -0.4 is 0 Å². The van der Waals surface area contributed by atoms with Crippen molar-refractivity contribution in [3.05, 3.63) is 29.3 Å². The number of hydrogen-bond acceptors (Lipinski definition) is 3. The molecule has 0 aliphatic heterocycles. The summed E-state index contributed by atoms with van der Waals surface area (Å²) in [5.74, 6) is -1.17. The van der Waals surface area contributed by atoms with Gasteiger partial charge in [-0.2, -0.15) is 0 Å². The predicted octanol–water partition coefficient (Wildman–Crippen LogP) is 8.16. The van der Waals surface area contributed by atoms with E-state index in [2.05, 4.69) is 20.8 Å². The fraction of sp³-hybridized carbons (Fsp3) is 0.741. The van der Waals surface area contributed by atoms with E-state index >= 15 is 0 Å². The van der Waals surface area contributed by atoms with Crippen LogP contribution in [0.15, 0.2) is 18.2 Å². The number of carbonyl (C=O) groups is 1. The molecule has 0 fully saturated rings. The molecule has 0 aromatic heterocycles.